The largest absolute Gasteiger partial charge is 0.504 e. The summed E-state index contributed by atoms with van der Waals surface area (Å²) in [7, 11) is 0. The molecule has 1 amide bonds. The van der Waals surface area contributed by atoms with Gasteiger partial charge in [0.15, 0.2) is 18.1 Å². The van der Waals surface area contributed by atoms with E-state index in [9.17, 15) is 14.3 Å². The number of hydrogen-bond acceptors (Lipinski definition) is 3. The molecule has 0 aromatic heterocycles. The Morgan fingerprint density at radius 1 is 1.25 bits per heavy atom. The average molecular weight is 350 g/mol. The number of phenolic OH excluding ortho intramolecular Hbond substituents is 1. The molecular weight excluding hydrogens is 333 g/mol. The first-order chi connectivity index (χ1) is 11.6. The number of nitrogens with zero attached hydrogens (tertiary/aromatic N) is 1. The number of rotatable bonds is 6. The van der Waals surface area contributed by atoms with Crippen molar-refractivity contribution in [2.75, 3.05) is 6.61 Å². The van der Waals surface area contributed by atoms with E-state index >= 15 is 0 Å². The highest BCUT2D eigenvalue weighted by Crippen LogP contribution is 2.31. The molecule has 2 aromatic rings. The molecule has 1 aliphatic carbocycles. The van der Waals surface area contributed by atoms with Crippen LogP contribution >= 0.6 is 11.6 Å². The Morgan fingerprint density at radius 2 is 2.00 bits per heavy atom. The molecule has 0 saturated heterocycles. The molecule has 1 aliphatic rings. The zero-order valence-electron chi connectivity index (χ0n) is 12.9. The van der Waals surface area contributed by atoms with Gasteiger partial charge in [-0.2, -0.15) is 0 Å². The van der Waals surface area contributed by atoms with Crippen molar-refractivity contribution in [3.8, 4) is 11.5 Å². The Morgan fingerprint density at radius 3 is 2.67 bits per heavy atom. The maximum Gasteiger partial charge on any atom is 0.261 e. The lowest BCUT2D eigenvalue weighted by molar-refractivity contribution is -0.134. The van der Waals surface area contributed by atoms with Gasteiger partial charge in [0, 0.05) is 16.6 Å². The second-order valence-electron chi connectivity index (χ2n) is 5.71. The summed E-state index contributed by atoms with van der Waals surface area (Å²) in [5.41, 5.74) is 0.307. The number of amides is 1. The van der Waals surface area contributed by atoms with Gasteiger partial charge in [0.05, 0.1) is 6.54 Å². The molecule has 0 bridgehead atoms. The smallest absolute Gasteiger partial charge is 0.261 e. The van der Waals surface area contributed by atoms with Crippen LogP contribution in [0.15, 0.2) is 42.5 Å². The van der Waals surface area contributed by atoms with Gasteiger partial charge in [0.25, 0.3) is 5.91 Å². The summed E-state index contributed by atoms with van der Waals surface area (Å²) in [6, 6.07) is 11.0. The van der Waals surface area contributed by atoms with Crippen molar-refractivity contribution in [2.45, 2.75) is 25.4 Å². The third kappa shape index (κ3) is 3.79. The van der Waals surface area contributed by atoms with E-state index in [-0.39, 0.29) is 36.6 Å². The Bertz CT molecular complexity index is 729. The van der Waals surface area contributed by atoms with Crippen LogP contribution in [0.5, 0.6) is 11.5 Å². The number of benzene rings is 2. The van der Waals surface area contributed by atoms with Gasteiger partial charge in [-0.1, -0.05) is 29.8 Å². The second-order valence-corrected chi connectivity index (χ2v) is 6.12. The standard InChI is InChI=1S/C18H17ClFNO3/c19-14-4-3-5-15(20)13(14)10-21(12-8-9-12)18(23)11-24-17-7-2-1-6-16(17)22/h1-7,12,22H,8-11H2. The van der Waals surface area contributed by atoms with Crippen LogP contribution in [0.3, 0.4) is 0 Å². The van der Waals surface area contributed by atoms with Crippen LogP contribution < -0.4 is 4.74 Å². The fraction of sp³-hybridized carbons (Fsp3) is 0.278. The number of carbonyl (C=O) groups excluding carboxylic acids is 1. The average Bonchev–Trinajstić information content (AvgIpc) is 3.38. The zero-order valence-corrected chi connectivity index (χ0v) is 13.7. The lowest BCUT2D eigenvalue weighted by Gasteiger charge is -2.23. The number of halogens is 2. The molecule has 0 heterocycles. The minimum atomic E-state index is -0.428. The Kier molecular flexibility index (Phi) is 4.90. The first-order valence-electron chi connectivity index (χ1n) is 7.69. The lowest BCUT2D eigenvalue weighted by Crippen LogP contribution is -2.36. The summed E-state index contributed by atoms with van der Waals surface area (Å²) in [6.45, 7) is -0.112. The topological polar surface area (TPSA) is 49.8 Å². The maximum atomic E-state index is 14.0. The molecule has 0 unspecified atom stereocenters. The molecule has 0 atom stereocenters. The number of aromatic hydroxyl groups is 1. The summed E-state index contributed by atoms with van der Waals surface area (Å²) < 4.78 is 19.4. The minimum Gasteiger partial charge on any atom is -0.504 e. The molecule has 4 nitrogen and oxygen atoms in total. The fourth-order valence-corrected chi connectivity index (χ4v) is 2.69. The molecule has 3 rings (SSSR count). The van der Waals surface area contributed by atoms with Crippen LogP contribution in [-0.2, 0) is 11.3 Å². The molecule has 0 radical (unpaired) electrons. The van der Waals surface area contributed by atoms with Crippen LogP contribution in [0.2, 0.25) is 5.02 Å². The predicted molar refractivity (Wildman–Crippen MR) is 88.6 cm³/mol. The van der Waals surface area contributed by atoms with E-state index in [1.807, 2.05) is 0 Å². The van der Waals surface area contributed by atoms with E-state index in [1.54, 1.807) is 29.2 Å². The van der Waals surface area contributed by atoms with Crippen molar-refractivity contribution in [3.63, 3.8) is 0 Å². The number of hydrogen-bond donors (Lipinski definition) is 1. The van der Waals surface area contributed by atoms with Crippen LogP contribution in [0, 0.1) is 5.82 Å². The lowest BCUT2D eigenvalue weighted by atomic mass is 10.2. The molecule has 0 aliphatic heterocycles. The quantitative estimate of drug-likeness (QED) is 0.864. The molecule has 1 N–H and O–H groups in total. The van der Waals surface area contributed by atoms with Gasteiger partial charge in [-0.3, -0.25) is 4.79 Å². The van der Waals surface area contributed by atoms with E-state index in [4.69, 9.17) is 16.3 Å². The molecule has 6 heteroatoms. The highest BCUT2D eigenvalue weighted by Gasteiger charge is 2.33. The van der Waals surface area contributed by atoms with Crippen LogP contribution in [0.1, 0.15) is 18.4 Å². The first kappa shape index (κ1) is 16.6. The Balaban J connectivity index is 1.69. The van der Waals surface area contributed by atoms with Gasteiger partial charge in [-0.25, -0.2) is 4.39 Å². The zero-order chi connectivity index (χ0) is 17.1. The Hall–Kier alpha value is -2.27. The normalized spacial score (nSPS) is 13.6. The SMILES string of the molecule is O=C(COc1ccccc1O)N(Cc1c(F)cccc1Cl)C1CC1. The van der Waals surface area contributed by atoms with Crippen molar-refractivity contribution in [1.82, 2.24) is 4.90 Å². The van der Waals surface area contributed by atoms with Crippen LogP contribution in [0.25, 0.3) is 0 Å². The number of ether oxygens (including phenoxy) is 1. The van der Waals surface area contributed by atoms with Crippen LogP contribution in [-0.4, -0.2) is 28.6 Å². The van der Waals surface area contributed by atoms with Crippen molar-refractivity contribution < 1.29 is 19.0 Å². The first-order valence-corrected chi connectivity index (χ1v) is 8.07. The Labute approximate surface area is 144 Å². The molecule has 126 valence electrons. The highest BCUT2D eigenvalue weighted by atomic mass is 35.5. The summed E-state index contributed by atoms with van der Waals surface area (Å²) in [6.07, 6.45) is 1.77. The van der Waals surface area contributed by atoms with E-state index in [2.05, 4.69) is 0 Å². The van der Waals surface area contributed by atoms with Crippen molar-refractivity contribution in [3.05, 3.63) is 58.9 Å². The van der Waals surface area contributed by atoms with Gasteiger partial charge in [0.1, 0.15) is 5.82 Å². The van der Waals surface area contributed by atoms with Crippen molar-refractivity contribution >= 4 is 17.5 Å². The summed E-state index contributed by atoms with van der Waals surface area (Å²) >= 11 is 6.05. The second kappa shape index (κ2) is 7.09. The maximum absolute atomic E-state index is 14.0. The molecular formula is C18H17ClFNO3. The summed E-state index contributed by atoms with van der Waals surface area (Å²) in [4.78, 5) is 14.1. The van der Waals surface area contributed by atoms with Gasteiger partial charge in [-0.05, 0) is 37.1 Å². The van der Waals surface area contributed by atoms with Crippen LogP contribution in [0.4, 0.5) is 4.39 Å². The highest BCUT2D eigenvalue weighted by molar-refractivity contribution is 6.31. The third-order valence-corrected chi connectivity index (χ3v) is 4.27. The third-order valence-electron chi connectivity index (χ3n) is 3.91. The van der Waals surface area contributed by atoms with Gasteiger partial charge in [0.2, 0.25) is 0 Å². The predicted octanol–water partition coefficient (Wildman–Crippen LogP) is 3.75. The monoisotopic (exact) mass is 349 g/mol. The van der Waals surface area contributed by atoms with E-state index in [0.717, 1.165) is 12.8 Å². The fourth-order valence-electron chi connectivity index (χ4n) is 2.46. The van der Waals surface area contributed by atoms with Gasteiger partial charge >= 0.3 is 0 Å². The van der Waals surface area contributed by atoms with Gasteiger partial charge in [-0.15, -0.1) is 0 Å². The molecule has 0 spiro atoms. The molecule has 1 saturated carbocycles. The summed E-state index contributed by atoms with van der Waals surface area (Å²) in [5, 5.41) is 9.98. The van der Waals surface area contributed by atoms with Crippen molar-refractivity contribution in [1.29, 1.82) is 0 Å². The summed E-state index contributed by atoms with van der Waals surface area (Å²) in [5.74, 6) is -0.478. The van der Waals surface area contributed by atoms with E-state index in [1.165, 1.54) is 18.2 Å². The minimum absolute atomic E-state index is 0.0274. The van der Waals surface area contributed by atoms with E-state index in [0.29, 0.717) is 10.6 Å². The van der Waals surface area contributed by atoms with E-state index < -0.39 is 5.82 Å². The van der Waals surface area contributed by atoms with Crippen molar-refractivity contribution in [2.24, 2.45) is 0 Å². The molecule has 24 heavy (non-hydrogen) atoms. The molecule has 1 fully saturated rings. The number of phenols is 1. The number of para-hydroxylation sites is 2. The van der Waals surface area contributed by atoms with Gasteiger partial charge < -0.3 is 14.7 Å². The number of carbonyl (C=O) groups is 1. The molecule has 2 aromatic carbocycles.